The molecule has 0 spiro atoms. The van der Waals surface area contributed by atoms with Crippen molar-refractivity contribution in [2.75, 3.05) is 44.7 Å². The summed E-state index contributed by atoms with van der Waals surface area (Å²) in [4.78, 5) is 41.1. The van der Waals surface area contributed by atoms with E-state index in [-0.39, 0.29) is 36.9 Å². The van der Waals surface area contributed by atoms with Crippen molar-refractivity contribution in [1.82, 2.24) is 30.8 Å². The Labute approximate surface area is 331 Å². The minimum atomic E-state index is -1.79. The number of nitrogens with zero attached hydrogens (tertiary/aromatic N) is 3. The Morgan fingerprint density at radius 2 is 1.82 bits per heavy atom. The molecule has 2 unspecified atom stereocenters. The minimum absolute atomic E-state index is 0.0273. The van der Waals surface area contributed by atoms with Gasteiger partial charge < -0.3 is 52.5 Å². The molecule has 13 nitrogen and oxygen atoms in total. The van der Waals surface area contributed by atoms with Gasteiger partial charge in [-0.15, -0.1) is 0 Å². The average Bonchev–Trinajstić information content (AvgIpc) is 3.82. The smallest absolute Gasteiger partial charge is 0.254 e. The number of fused-ring (bicyclic) bond motifs is 3. The zero-order chi connectivity index (χ0) is 38.9. The van der Waals surface area contributed by atoms with Gasteiger partial charge in [-0.3, -0.25) is 9.59 Å². The van der Waals surface area contributed by atoms with E-state index in [9.17, 15) is 14.1 Å². The van der Waals surface area contributed by atoms with Gasteiger partial charge in [0.25, 0.3) is 5.03 Å². The Morgan fingerprint density at radius 1 is 1.00 bits per heavy atom. The second-order valence-corrected chi connectivity index (χ2v) is 16.4. The van der Waals surface area contributed by atoms with Crippen LogP contribution in [0.3, 0.4) is 0 Å². The molecule has 296 valence electrons. The first-order valence-corrected chi connectivity index (χ1v) is 20.9. The maximum Gasteiger partial charge on any atom is 0.254 e. The van der Waals surface area contributed by atoms with Crippen LogP contribution in [0.4, 0.5) is 5.69 Å². The second kappa shape index (κ2) is 19.4. The Bertz CT molecular complexity index is 1910. The molecule has 0 aliphatic carbocycles. The molecule has 1 saturated heterocycles. The number of benzene rings is 2. The van der Waals surface area contributed by atoms with E-state index in [0.29, 0.717) is 59.7 Å². The Morgan fingerprint density at radius 3 is 2.60 bits per heavy atom. The summed E-state index contributed by atoms with van der Waals surface area (Å²) in [7, 11) is 1.70. The van der Waals surface area contributed by atoms with Gasteiger partial charge >= 0.3 is 0 Å². The fraction of sp³-hybridized carbons (Fsp3) is 0.475. The molecular weight excluding hydrogens is 736 g/mol. The highest BCUT2D eigenvalue weighted by atomic mass is 35.5. The zero-order valence-electron chi connectivity index (χ0n) is 31.6. The lowest BCUT2D eigenvalue weighted by Crippen LogP contribution is -2.55. The molecule has 2 amide bonds. The summed E-state index contributed by atoms with van der Waals surface area (Å²) >= 11 is 5.26. The van der Waals surface area contributed by atoms with E-state index in [2.05, 4.69) is 30.8 Å². The molecule has 6 rings (SSSR count). The molecule has 5 atom stereocenters. The van der Waals surface area contributed by atoms with Crippen LogP contribution in [0.2, 0.25) is 5.02 Å². The lowest BCUT2D eigenvalue weighted by molar-refractivity contribution is -0.140. The number of aromatic nitrogens is 2. The molecule has 2 aliphatic heterocycles. The molecule has 4 heterocycles. The van der Waals surface area contributed by atoms with Gasteiger partial charge in [-0.1, -0.05) is 36.2 Å². The summed E-state index contributed by atoms with van der Waals surface area (Å²) in [6, 6.07) is 14.0. The van der Waals surface area contributed by atoms with Crippen LogP contribution in [0.5, 0.6) is 0 Å². The number of aromatic amines is 1. The first-order valence-electron chi connectivity index (χ1n) is 19.3. The number of nitrogens with two attached hydrogens (primary N) is 3. The Balaban J connectivity index is 1.43. The predicted octanol–water partition coefficient (Wildman–Crippen LogP) is 2.90. The number of amides is 2. The number of nitrogens with one attached hydrogen (secondary N) is 4. The van der Waals surface area contributed by atoms with Crippen molar-refractivity contribution in [2.45, 2.75) is 92.1 Å². The van der Waals surface area contributed by atoms with E-state index in [1.54, 1.807) is 18.1 Å². The highest BCUT2D eigenvalue weighted by Gasteiger charge is 2.34. The molecule has 1 fully saturated rings. The molecule has 2 aromatic carbocycles. The summed E-state index contributed by atoms with van der Waals surface area (Å²) in [6.45, 7) is 3.35. The Hall–Kier alpha value is -3.73. The van der Waals surface area contributed by atoms with Gasteiger partial charge in [-0.25, -0.2) is 4.98 Å². The summed E-state index contributed by atoms with van der Waals surface area (Å²) in [6.07, 6.45) is 8.26. The van der Waals surface area contributed by atoms with Crippen molar-refractivity contribution in [1.29, 1.82) is 0 Å². The standard InChI is InChI=1S/C40H55ClN10O3S/c1-50-36(19-27-22-47-34-11-3-2-10-32(27)34)38(52)49-23-28-18-31(51-17-13-29(44)25-51)20-33(41)37(28)55(54)39-26(8-7-16-45-39)21-46-30(9-6-15-43)24-48-35(40(50)53)12-4-5-14-42/h2-3,7-8,10-11,16,18,20,22,29-30,35-36,46-48H,4-6,9,12-15,17,19,21,23-25,42-44H2,1H3,(H,49,52)/t29?,30-,35-,36-,55?/m0/s1. The number of likely N-dealkylation sites (N-methyl/N-ethyl adjacent to an activating group) is 1. The molecule has 15 heteroatoms. The van der Waals surface area contributed by atoms with Crippen molar-refractivity contribution in [3.05, 3.63) is 82.6 Å². The number of anilines is 1. The first-order chi connectivity index (χ1) is 26.7. The van der Waals surface area contributed by atoms with Crippen molar-refractivity contribution in [3.63, 3.8) is 0 Å². The van der Waals surface area contributed by atoms with Gasteiger partial charge in [0.05, 0.1) is 11.1 Å². The summed E-state index contributed by atoms with van der Waals surface area (Å²) < 4.78 is 14.7. The minimum Gasteiger partial charge on any atom is -0.605 e. The van der Waals surface area contributed by atoms with Gasteiger partial charge in [-0.05, 0) is 81.1 Å². The van der Waals surface area contributed by atoms with Crippen molar-refractivity contribution >= 4 is 51.2 Å². The molecule has 0 saturated carbocycles. The fourth-order valence-electron chi connectivity index (χ4n) is 7.60. The van der Waals surface area contributed by atoms with E-state index >= 15 is 0 Å². The molecule has 55 heavy (non-hydrogen) atoms. The van der Waals surface area contributed by atoms with Crippen LogP contribution in [0.1, 0.15) is 55.2 Å². The fourth-order valence-corrected chi connectivity index (χ4v) is 9.38. The number of rotatable bonds is 10. The van der Waals surface area contributed by atoms with E-state index < -0.39 is 23.3 Å². The van der Waals surface area contributed by atoms with Gasteiger partial charge in [0, 0.05) is 110 Å². The van der Waals surface area contributed by atoms with Crippen molar-refractivity contribution in [3.8, 4) is 0 Å². The Kier molecular flexibility index (Phi) is 14.4. The zero-order valence-corrected chi connectivity index (χ0v) is 33.1. The molecule has 2 aliphatic rings. The largest absolute Gasteiger partial charge is 0.605 e. The number of para-hydroxylation sites is 1. The molecule has 10 N–H and O–H groups in total. The summed E-state index contributed by atoms with van der Waals surface area (Å²) in [5.41, 5.74) is 22.2. The van der Waals surface area contributed by atoms with Crippen LogP contribution in [-0.2, 0) is 40.3 Å². The van der Waals surface area contributed by atoms with Crippen LogP contribution in [0.15, 0.2) is 70.8 Å². The number of H-pyrrole nitrogens is 1. The lowest BCUT2D eigenvalue weighted by atomic mass is 10.0. The van der Waals surface area contributed by atoms with Crippen molar-refractivity contribution < 1.29 is 14.1 Å². The molecule has 4 aromatic rings. The topological polar surface area (TPSA) is 207 Å². The molecular formula is C40H55ClN10O3S. The number of hydrogen-bond donors (Lipinski definition) is 7. The van der Waals surface area contributed by atoms with E-state index in [1.165, 1.54) is 0 Å². The normalized spacial score (nSPS) is 23.1. The van der Waals surface area contributed by atoms with Gasteiger partial charge in [0.15, 0.2) is 4.90 Å². The van der Waals surface area contributed by atoms with Crippen LogP contribution in [0, 0.1) is 0 Å². The maximum absolute atomic E-state index is 14.7. The SMILES string of the molecule is CN1C(=O)[C@H](CCCCN)NC[C@H](CCCN)NCc2cccnc2[S+]([O-])c2c(Cl)cc(N3CCC(N)C3)cc2CNC(=O)[C@@H]1Cc1c[nH]c2ccccc12. The van der Waals surface area contributed by atoms with Crippen LogP contribution in [-0.4, -0.2) is 95.2 Å². The quantitative estimate of drug-likeness (QED) is 0.0924. The highest BCUT2D eigenvalue weighted by Crippen LogP contribution is 2.36. The number of unbranched alkanes of at least 4 members (excludes halogenated alkanes) is 1. The van der Waals surface area contributed by atoms with Gasteiger partial charge in [0.1, 0.15) is 6.04 Å². The molecule has 0 radical (unpaired) electrons. The third kappa shape index (κ3) is 9.99. The van der Waals surface area contributed by atoms with E-state index in [0.717, 1.165) is 66.4 Å². The predicted molar refractivity (Wildman–Crippen MR) is 219 cm³/mol. The van der Waals surface area contributed by atoms with Crippen LogP contribution >= 0.6 is 11.6 Å². The van der Waals surface area contributed by atoms with E-state index in [1.807, 2.05) is 54.7 Å². The number of carbonyl (C=O) groups excluding carboxylic acids is 2. The number of halogens is 1. The van der Waals surface area contributed by atoms with E-state index in [4.69, 9.17) is 28.8 Å². The monoisotopic (exact) mass is 790 g/mol. The number of pyridine rings is 1. The third-order valence-electron chi connectivity index (χ3n) is 10.8. The second-order valence-electron chi connectivity index (χ2n) is 14.6. The highest BCUT2D eigenvalue weighted by molar-refractivity contribution is 7.91. The lowest BCUT2D eigenvalue weighted by Gasteiger charge is -2.32. The average molecular weight is 791 g/mol. The van der Waals surface area contributed by atoms with Crippen LogP contribution < -0.4 is 38.1 Å². The maximum atomic E-state index is 14.7. The summed E-state index contributed by atoms with van der Waals surface area (Å²) in [5.74, 6) is -0.515. The molecule has 0 bridgehead atoms. The first kappa shape index (κ1) is 40.9. The number of hydrogen-bond acceptors (Lipinski definition) is 10. The van der Waals surface area contributed by atoms with Crippen LogP contribution in [0.25, 0.3) is 10.9 Å². The van der Waals surface area contributed by atoms with Crippen molar-refractivity contribution in [2.24, 2.45) is 17.2 Å². The number of carbonyl (C=O) groups is 2. The van der Waals surface area contributed by atoms with Gasteiger partial charge in [-0.2, -0.15) is 0 Å². The van der Waals surface area contributed by atoms with Gasteiger partial charge in [0.2, 0.25) is 11.8 Å². The molecule has 2 aromatic heterocycles. The summed E-state index contributed by atoms with van der Waals surface area (Å²) in [5, 5.41) is 12.0. The third-order valence-corrected chi connectivity index (χ3v) is 12.7.